The first kappa shape index (κ1) is 32.3. The number of hydrogen-bond donors (Lipinski definition) is 0. The number of aromatic nitrogens is 2. The van der Waals surface area contributed by atoms with Gasteiger partial charge in [0.2, 0.25) is 0 Å². The first-order chi connectivity index (χ1) is 27.7. The largest absolute Gasteiger partial charge is 0.456 e. The molecule has 0 fully saturated rings. The fourth-order valence-corrected chi connectivity index (χ4v) is 9.03. The average molecular weight is 733 g/mol. The summed E-state index contributed by atoms with van der Waals surface area (Å²) >= 11 is 1.84. The molecule has 0 saturated carbocycles. The summed E-state index contributed by atoms with van der Waals surface area (Å²) in [6.45, 7) is 0. The van der Waals surface area contributed by atoms with E-state index in [1.54, 1.807) is 0 Å². The van der Waals surface area contributed by atoms with Gasteiger partial charge in [-0.1, -0.05) is 133 Å². The summed E-state index contributed by atoms with van der Waals surface area (Å²) in [6, 6.07) is 68.7. The predicted molar refractivity (Wildman–Crippen MR) is 235 cm³/mol. The molecule has 3 heterocycles. The Morgan fingerprint density at radius 2 is 0.911 bits per heavy atom. The monoisotopic (exact) mass is 732 g/mol. The first-order valence-corrected chi connectivity index (χ1v) is 19.6. The Morgan fingerprint density at radius 3 is 1.75 bits per heavy atom. The normalized spacial score (nSPS) is 11.6. The van der Waals surface area contributed by atoms with Crippen molar-refractivity contribution in [1.29, 1.82) is 0 Å². The van der Waals surface area contributed by atoms with Crippen LogP contribution in [0.5, 0.6) is 0 Å². The Morgan fingerprint density at radius 1 is 0.321 bits per heavy atom. The molecule has 8 aromatic carbocycles. The molecule has 0 radical (unpaired) electrons. The molecular weight excluding hydrogens is 701 g/mol. The molecule has 3 aromatic heterocycles. The second kappa shape index (κ2) is 13.3. The Hall–Kier alpha value is -7.14. The van der Waals surface area contributed by atoms with E-state index in [1.165, 1.54) is 20.2 Å². The molecule has 56 heavy (non-hydrogen) atoms. The van der Waals surface area contributed by atoms with Crippen LogP contribution in [0.25, 0.3) is 109 Å². The van der Waals surface area contributed by atoms with E-state index >= 15 is 0 Å². The van der Waals surface area contributed by atoms with Crippen molar-refractivity contribution in [3.05, 3.63) is 194 Å². The highest BCUT2D eigenvalue weighted by Gasteiger charge is 2.17. The lowest BCUT2D eigenvalue weighted by molar-refractivity contribution is 0.669. The van der Waals surface area contributed by atoms with Crippen LogP contribution in [0.15, 0.2) is 199 Å². The topological polar surface area (TPSA) is 38.9 Å². The molecule has 4 heteroatoms. The number of furan rings is 1. The van der Waals surface area contributed by atoms with Crippen LogP contribution in [0.1, 0.15) is 0 Å². The summed E-state index contributed by atoms with van der Waals surface area (Å²) in [4.78, 5) is 10.6. The maximum absolute atomic E-state index is 6.20. The molecule has 0 unspecified atom stereocenters. The Labute approximate surface area is 327 Å². The molecule has 0 spiro atoms. The molecular formula is C52H32N2OS. The fraction of sp³-hybridized carbons (Fsp3) is 0. The number of nitrogens with zero attached hydrogens (tertiary/aromatic N) is 2. The summed E-state index contributed by atoms with van der Waals surface area (Å²) in [5, 5.41) is 4.78. The zero-order chi connectivity index (χ0) is 37.0. The van der Waals surface area contributed by atoms with Gasteiger partial charge in [-0.25, -0.2) is 9.97 Å². The highest BCUT2D eigenvalue weighted by molar-refractivity contribution is 7.25. The molecule has 0 saturated heterocycles. The molecule has 0 atom stereocenters. The van der Waals surface area contributed by atoms with Crippen molar-refractivity contribution in [1.82, 2.24) is 9.97 Å². The lowest BCUT2D eigenvalue weighted by atomic mass is 9.93. The van der Waals surface area contributed by atoms with Crippen molar-refractivity contribution in [3.63, 3.8) is 0 Å². The van der Waals surface area contributed by atoms with Crippen LogP contribution < -0.4 is 0 Å². The minimum absolute atomic E-state index is 0.685. The van der Waals surface area contributed by atoms with Crippen molar-refractivity contribution in [2.45, 2.75) is 0 Å². The van der Waals surface area contributed by atoms with Gasteiger partial charge in [0.25, 0.3) is 0 Å². The van der Waals surface area contributed by atoms with Crippen molar-refractivity contribution < 1.29 is 4.42 Å². The molecule has 0 N–H and O–H groups in total. The SMILES string of the molecule is c1ccc(-c2cc(-c3ccc4oc5ccccc5c4c3)cc(-c3cc(-c4ccccc4-c4ccc5sc6ccccc6c5c4)nc(-c4ccccc4)n3)c2)cc1. The summed E-state index contributed by atoms with van der Waals surface area (Å²) in [6.07, 6.45) is 0. The van der Waals surface area contributed by atoms with Gasteiger partial charge in [0.05, 0.1) is 11.4 Å². The minimum atomic E-state index is 0.685. The maximum Gasteiger partial charge on any atom is 0.160 e. The standard InChI is InChI=1S/C52H32N2OS/c1-3-13-33(14-4-1)37-27-38(35-23-25-49-44(30-35)42-19-9-11-21-48(42)55-49)29-39(28-37)46-32-47(54-52(53-46)34-15-5-2-6-16-34)41-18-8-7-17-40(41)36-24-26-51-45(31-36)43-20-10-12-22-50(43)56-51/h1-32H. The van der Waals surface area contributed by atoms with E-state index in [2.05, 4.69) is 164 Å². The van der Waals surface area contributed by atoms with Gasteiger partial charge in [-0.2, -0.15) is 0 Å². The second-order valence-electron chi connectivity index (χ2n) is 14.2. The molecule has 0 aliphatic carbocycles. The van der Waals surface area contributed by atoms with Gasteiger partial charge < -0.3 is 4.42 Å². The molecule has 3 nitrogen and oxygen atoms in total. The third-order valence-corrected chi connectivity index (χ3v) is 11.8. The van der Waals surface area contributed by atoms with Crippen LogP contribution >= 0.6 is 11.3 Å². The number of hydrogen-bond acceptors (Lipinski definition) is 4. The van der Waals surface area contributed by atoms with Gasteiger partial charge in [-0.15, -0.1) is 11.3 Å². The van der Waals surface area contributed by atoms with Crippen molar-refractivity contribution >= 4 is 53.4 Å². The van der Waals surface area contributed by atoms with E-state index in [-0.39, 0.29) is 0 Å². The number of thiophene rings is 1. The number of rotatable bonds is 6. The van der Waals surface area contributed by atoms with Crippen molar-refractivity contribution in [2.24, 2.45) is 0 Å². The van der Waals surface area contributed by atoms with Gasteiger partial charge in [0.15, 0.2) is 5.82 Å². The van der Waals surface area contributed by atoms with E-state index in [0.717, 1.165) is 83.4 Å². The number of para-hydroxylation sites is 1. The van der Waals surface area contributed by atoms with E-state index in [9.17, 15) is 0 Å². The van der Waals surface area contributed by atoms with Crippen molar-refractivity contribution in [2.75, 3.05) is 0 Å². The maximum atomic E-state index is 6.20. The molecule has 0 aliphatic heterocycles. The van der Waals surface area contributed by atoms with Crippen LogP contribution in [-0.4, -0.2) is 9.97 Å². The summed E-state index contributed by atoms with van der Waals surface area (Å²) in [7, 11) is 0. The first-order valence-electron chi connectivity index (χ1n) is 18.8. The minimum Gasteiger partial charge on any atom is -0.456 e. The third-order valence-electron chi connectivity index (χ3n) is 10.7. The molecule has 11 rings (SSSR count). The van der Waals surface area contributed by atoms with E-state index in [1.807, 2.05) is 41.7 Å². The quantitative estimate of drug-likeness (QED) is 0.171. The van der Waals surface area contributed by atoms with Gasteiger partial charge in [-0.3, -0.25) is 0 Å². The molecule has 0 amide bonds. The third kappa shape index (κ3) is 5.67. The summed E-state index contributed by atoms with van der Waals surface area (Å²) < 4.78 is 8.79. The fourth-order valence-electron chi connectivity index (χ4n) is 7.95. The summed E-state index contributed by atoms with van der Waals surface area (Å²) in [5.41, 5.74) is 13.3. The van der Waals surface area contributed by atoms with Crippen LogP contribution in [0.4, 0.5) is 0 Å². The lowest BCUT2D eigenvalue weighted by Crippen LogP contribution is -1.97. The lowest BCUT2D eigenvalue weighted by Gasteiger charge is -2.15. The Balaban J connectivity index is 1.12. The zero-order valence-electron chi connectivity index (χ0n) is 30.2. The zero-order valence-corrected chi connectivity index (χ0v) is 31.0. The molecule has 0 bridgehead atoms. The Bertz CT molecular complexity index is 3250. The van der Waals surface area contributed by atoms with Gasteiger partial charge in [0.1, 0.15) is 11.2 Å². The van der Waals surface area contributed by atoms with Gasteiger partial charge in [0, 0.05) is 47.6 Å². The summed E-state index contributed by atoms with van der Waals surface area (Å²) in [5.74, 6) is 0.685. The van der Waals surface area contributed by atoms with E-state index in [4.69, 9.17) is 14.4 Å². The van der Waals surface area contributed by atoms with Gasteiger partial charge >= 0.3 is 0 Å². The van der Waals surface area contributed by atoms with Crippen LogP contribution in [0.3, 0.4) is 0 Å². The van der Waals surface area contributed by atoms with Crippen LogP contribution in [0, 0.1) is 0 Å². The number of fused-ring (bicyclic) bond motifs is 6. The van der Waals surface area contributed by atoms with Crippen LogP contribution in [-0.2, 0) is 0 Å². The smallest absolute Gasteiger partial charge is 0.160 e. The molecule has 262 valence electrons. The Kier molecular flexibility index (Phi) is 7.68. The van der Waals surface area contributed by atoms with Crippen LogP contribution in [0.2, 0.25) is 0 Å². The van der Waals surface area contributed by atoms with Gasteiger partial charge in [-0.05, 0) is 94.0 Å². The highest BCUT2D eigenvalue weighted by Crippen LogP contribution is 2.41. The molecule has 11 aromatic rings. The van der Waals surface area contributed by atoms with E-state index < -0.39 is 0 Å². The predicted octanol–water partition coefficient (Wildman–Crippen LogP) is 14.7. The number of benzene rings is 8. The van der Waals surface area contributed by atoms with Crippen molar-refractivity contribution in [3.8, 4) is 67.3 Å². The highest BCUT2D eigenvalue weighted by atomic mass is 32.1. The van der Waals surface area contributed by atoms with E-state index in [0.29, 0.717) is 5.82 Å². The second-order valence-corrected chi connectivity index (χ2v) is 15.2. The average Bonchev–Trinajstić information content (AvgIpc) is 3.84. The molecule has 0 aliphatic rings.